The largest absolute Gasteiger partial charge is 0.376 e. The number of carbonyl (C=O) groups is 1. The van der Waals surface area contributed by atoms with E-state index in [1.807, 2.05) is 18.2 Å². The fraction of sp³-hybridized carbons (Fsp3) is 0.526. The van der Waals surface area contributed by atoms with Crippen molar-refractivity contribution in [3.8, 4) is 0 Å². The van der Waals surface area contributed by atoms with Gasteiger partial charge in [-0.25, -0.2) is 5.10 Å². The highest BCUT2D eigenvalue weighted by Gasteiger charge is 2.36. The molecule has 1 saturated heterocycles. The lowest BCUT2D eigenvalue weighted by Gasteiger charge is -2.37. The summed E-state index contributed by atoms with van der Waals surface area (Å²) in [6, 6.07) is 7.35. The highest BCUT2D eigenvalue weighted by molar-refractivity contribution is 5.88. The van der Waals surface area contributed by atoms with E-state index in [9.17, 15) is 9.59 Å². The SMILES string of the molecule is O=C(Cc1n[nH]c(=O)c2ccccc12)NC(C1CCC1)C1CCCO1. The van der Waals surface area contributed by atoms with Crippen molar-refractivity contribution in [1.29, 1.82) is 0 Å². The summed E-state index contributed by atoms with van der Waals surface area (Å²) in [6.45, 7) is 0.788. The number of carbonyl (C=O) groups excluding carboxylic acids is 1. The van der Waals surface area contributed by atoms with Gasteiger partial charge in [-0.3, -0.25) is 9.59 Å². The van der Waals surface area contributed by atoms with Gasteiger partial charge in [0, 0.05) is 12.0 Å². The zero-order valence-corrected chi connectivity index (χ0v) is 14.2. The quantitative estimate of drug-likeness (QED) is 0.870. The van der Waals surface area contributed by atoms with Crippen molar-refractivity contribution in [1.82, 2.24) is 15.5 Å². The molecule has 1 aliphatic carbocycles. The summed E-state index contributed by atoms with van der Waals surface area (Å²) < 4.78 is 5.83. The Balaban J connectivity index is 1.51. The van der Waals surface area contributed by atoms with Crippen LogP contribution >= 0.6 is 0 Å². The Bertz CT molecular complexity index is 822. The topological polar surface area (TPSA) is 84.1 Å². The Kier molecular flexibility index (Phi) is 4.53. The first-order valence-corrected chi connectivity index (χ1v) is 9.09. The summed E-state index contributed by atoms with van der Waals surface area (Å²) in [5.74, 6) is 0.462. The Morgan fingerprint density at radius 1 is 1.24 bits per heavy atom. The van der Waals surface area contributed by atoms with E-state index in [1.54, 1.807) is 6.07 Å². The molecule has 0 spiro atoms. The maximum Gasteiger partial charge on any atom is 0.272 e. The third-order valence-corrected chi connectivity index (χ3v) is 5.45. The van der Waals surface area contributed by atoms with Crippen molar-refractivity contribution in [3.63, 3.8) is 0 Å². The van der Waals surface area contributed by atoms with Crippen LogP contribution in [0.1, 0.15) is 37.8 Å². The van der Waals surface area contributed by atoms with Crippen molar-refractivity contribution in [2.24, 2.45) is 5.92 Å². The summed E-state index contributed by atoms with van der Waals surface area (Å²) >= 11 is 0. The fourth-order valence-corrected chi connectivity index (χ4v) is 3.89. The smallest absolute Gasteiger partial charge is 0.272 e. The number of nitrogens with one attached hydrogen (secondary N) is 2. The number of fused-ring (bicyclic) bond motifs is 1. The van der Waals surface area contributed by atoms with Gasteiger partial charge in [-0.2, -0.15) is 5.10 Å². The molecule has 132 valence electrons. The van der Waals surface area contributed by atoms with Crippen LogP contribution in [0.2, 0.25) is 0 Å². The zero-order valence-electron chi connectivity index (χ0n) is 14.2. The number of rotatable bonds is 5. The summed E-state index contributed by atoms with van der Waals surface area (Å²) in [5.41, 5.74) is 0.374. The summed E-state index contributed by atoms with van der Waals surface area (Å²) in [5, 5.41) is 11.1. The Morgan fingerprint density at radius 2 is 2.04 bits per heavy atom. The number of nitrogens with zero attached hydrogens (tertiary/aromatic N) is 1. The molecule has 1 saturated carbocycles. The predicted octanol–water partition coefficient (Wildman–Crippen LogP) is 1.93. The second-order valence-electron chi connectivity index (χ2n) is 7.06. The zero-order chi connectivity index (χ0) is 17.2. The molecule has 0 radical (unpaired) electrons. The van der Waals surface area contributed by atoms with Crippen LogP contribution in [-0.2, 0) is 16.0 Å². The van der Waals surface area contributed by atoms with Crippen LogP contribution in [0.4, 0.5) is 0 Å². The molecule has 2 fully saturated rings. The number of aromatic nitrogens is 2. The van der Waals surface area contributed by atoms with Crippen molar-refractivity contribution >= 4 is 16.7 Å². The van der Waals surface area contributed by atoms with Gasteiger partial charge in [-0.05, 0) is 37.7 Å². The van der Waals surface area contributed by atoms with E-state index in [0.717, 1.165) is 37.7 Å². The van der Waals surface area contributed by atoms with E-state index in [0.29, 0.717) is 17.0 Å². The first-order valence-electron chi connectivity index (χ1n) is 9.09. The third-order valence-electron chi connectivity index (χ3n) is 5.45. The minimum Gasteiger partial charge on any atom is -0.376 e. The monoisotopic (exact) mass is 341 g/mol. The molecule has 1 amide bonds. The van der Waals surface area contributed by atoms with Gasteiger partial charge in [0.15, 0.2) is 0 Å². The van der Waals surface area contributed by atoms with Gasteiger partial charge in [0.05, 0.1) is 29.6 Å². The summed E-state index contributed by atoms with van der Waals surface area (Å²) in [4.78, 5) is 24.5. The summed E-state index contributed by atoms with van der Waals surface area (Å²) in [7, 11) is 0. The number of H-pyrrole nitrogens is 1. The number of ether oxygens (including phenoxy) is 1. The lowest BCUT2D eigenvalue weighted by molar-refractivity contribution is -0.123. The van der Waals surface area contributed by atoms with E-state index in [2.05, 4.69) is 15.5 Å². The Labute approximate surface area is 146 Å². The number of benzene rings is 1. The van der Waals surface area contributed by atoms with Gasteiger partial charge in [0.25, 0.3) is 5.56 Å². The average molecular weight is 341 g/mol. The molecule has 2 N–H and O–H groups in total. The molecule has 1 aromatic carbocycles. The van der Waals surface area contributed by atoms with Gasteiger partial charge in [0.1, 0.15) is 0 Å². The average Bonchev–Trinajstić information content (AvgIpc) is 3.10. The second kappa shape index (κ2) is 6.96. The van der Waals surface area contributed by atoms with Crippen LogP contribution in [0.3, 0.4) is 0 Å². The molecule has 2 aliphatic rings. The molecule has 2 heterocycles. The van der Waals surface area contributed by atoms with Gasteiger partial charge in [-0.1, -0.05) is 24.6 Å². The molecule has 0 bridgehead atoms. The van der Waals surface area contributed by atoms with Crippen LogP contribution in [0.15, 0.2) is 29.1 Å². The molecule has 4 rings (SSSR count). The van der Waals surface area contributed by atoms with Crippen molar-refractivity contribution in [2.75, 3.05) is 6.61 Å². The lowest BCUT2D eigenvalue weighted by Crippen LogP contribution is -2.50. The molecular weight excluding hydrogens is 318 g/mol. The molecular formula is C19H23N3O3. The maximum absolute atomic E-state index is 12.7. The van der Waals surface area contributed by atoms with Crippen LogP contribution in [-0.4, -0.2) is 34.9 Å². The van der Waals surface area contributed by atoms with E-state index in [-0.39, 0.29) is 30.0 Å². The van der Waals surface area contributed by atoms with Gasteiger partial charge in [0.2, 0.25) is 5.91 Å². The van der Waals surface area contributed by atoms with Crippen molar-refractivity contribution in [3.05, 3.63) is 40.3 Å². The highest BCUT2D eigenvalue weighted by Crippen LogP contribution is 2.34. The first kappa shape index (κ1) is 16.3. The maximum atomic E-state index is 12.7. The molecule has 1 aromatic heterocycles. The number of amides is 1. The molecule has 2 atom stereocenters. The fourth-order valence-electron chi connectivity index (χ4n) is 3.89. The van der Waals surface area contributed by atoms with Gasteiger partial charge in [-0.15, -0.1) is 0 Å². The number of hydrogen-bond donors (Lipinski definition) is 2. The molecule has 6 heteroatoms. The van der Waals surface area contributed by atoms with Crippen molar-refractivity contribution < 1.29 is 9.53 Å². The standard InChI is InChI=1S/C19H23N3O3/c23-17(20-18(12-5-3-6-12)16-9-4-10-25-16)11-15-13-7-1-2-8-14(13)19(24)22-21-15/h1-2,7-8,12,16,18H,3-6,9-11H2,(H,20,23)(H,22,24). The second-order valence-corrected chi connectivity index (χ2v) is 7.06. The molecule has 25 heavy (non-hydrogen) atoms. The highest BCUT2D eigenvalue weighted by atomic mass is 16.5. The van der Waals surface area contributed by atoms with E-state index in [1.165, 1.54) is 6.42 Å². The van der Waals surface area contributed by atoms with Gasteiger partial charge >= 0.3 is 0 Å². The van der Waals surface area contributed by atoms with Gasteiger partial charge < -0.3 is 10.1 Å². The van der Waals surface area contributed by atoms with E-state index < -0.39 is 0 Å². The summed E-state index contributed by atoms with van der Waals surface area (Å²) in [6.07, 6.45) is 5.92. The Hall–Kier alpha value is -2.21. The van der Waals surface area contributed by atoms with Crippen LogP contribution < -0.4 is 10.9 Å². The number of aromatic amines is 1. The predicted molar refractivity (Wildman–Crippen MR) is 94.3 cm³/mol. The first-order chi connectivity index (χ1) is 12.2. The lowest BCUT2D eigenvalue weighted by atomic mass is 9.77. The van der Waals surface area contributed by atoms with E-state index >= 15 is 0 Å². The van der Waals surface area contributed by atoms with Crippen LogP contribution in [0.25, 0.3) is 10.8 Å². The van der Waals surface area contributed by atoms with Crippen molar-refractivity contribution in [2.45, 2.75) is 50.7 Å². The normalized spacial score (nSPS) is 21.8. The van der Waals surface area contributed by atoms with Crippen LogP contribution in [0, 0.1) is 5.92 Å². The third kappa shape index (κ3) is 3.31. The molecule has 2 unspecified atom stereocenters. The minimum absolute atomic E-state index is 0.0582. The minimum atomic E-state index is -0.230. The molecule has 1 aliphatic heterocycles. The molecule has 2 aromatic rings. The van der Waals surface area contributed by atoms with E-state index in [4.69, 9.17) is 4.74 Å². The van der Waals surface area contributed by atoms with Crippen LogP contribution in [0.5, 0.6) is 0 Å². The Morgan fingerprint density at radius 3 is 2.72 bits per heavy atom. The molecule has 6 nitrogen and oxygen atoms in total. The number of hydrogen-bond acceptors (Lipinski definition) is 4.